The SMILES string of the molecule is O=[N+]([O-])c1ccc(Cl)c(NCc2cc(F)ccc2O)c1. The zero-order valence-corrected chi connectivity index (χ0v) is 10.9. The molecule has 0 radical (unpaired) electrons. The van der Waals surface area contributed by atoms with Crippen LogP contribution < -0.4 is 5.32 Å². The van der Waals surface area contributed by atoms with E-state index in [1.54, 1.807) is 0 Å². The minimum absolute atomic E-state index is 0.0690. The third kappa shape index (κ3) is 3.16. The number of hydrogen-bond acceptors (Lipinski definition) is 4. The summed E-state index contributed by atoms with van der Waals surface area (Å²) in [7, 11) is 0. The van der Waals surface area contributed by atoms with Crippen molar-refractivity contribution in [1.82, 2.24) is 0 Å². The van der Waals surface area contributed by atoms with Crippen LogP contribution in [0.1, 0.15) is 5.56 Å². The molecule has 2 aromatic carbocycles. The number of hydrogen-bond donors (Lipinski definition) is 2. The number of nitrogens with zero attached hydrogens (tertiary/aromatic N) is 1. The molecular formula is C13H10ClFN2O3. The van der Waals surface area contributed by atoms with Crippen LogP contribution >= 0.6 is 11.6 Å². The number of rotatable bonds is 4. The van der Waals surface area contributed by atoms with E-state index in [0.717, 1.165) is 6.07 Å². The summed E-state index contributed by atoms with van der Waals surface area (Å²) < 4.78 is 13.1. The second-order valence-corrected chi connectivity index (χ2v) is 4.46. The van der Waals surface area contributed by atoms with E-state index in [9.17, 15) is 19.6 Å². The average Bonchev–Trinajstić information content (AvgIpc) is 2.41. The van der Waals surface area contributed by atoms with Crippen LogP contribution in [0.5, 0.6) is 5.75 Å². The molecule has 0 fully saturated rings. The highest BCUT2D eigenvalue weighted by Crippen LogP contribution is 2.28. The van der Waals surface area contributed by atoms with Crippen LogP contribution in [-0.4, -0.2) is 10.0 Å². The van der Waals surface area contributed by atoms with Crippen LogP contribution in [0.25, 0.3) is 0 Å². The molecule has 0 unspecified atom stereocenters. The highest BCUT2D eigenvalue weighted by Gasteiger charge is 2.10. The molecule has 0 heterocycles. The van der Waals surface area contributed by atoms with E-state index < -0.39 is 10.7 Å². The number of phenols is 1. The van der Waals surface area contributed by atoms with E-state index in [2.05, 4.69) is 5.32 Å². The van der Waals surface area contributed by atoms with Crippen molar-refractivity contribution < 1.29 is 14.4 Å². The molecule has 0 atom stereocenters. The molecule has 0 saturated carbocycles. The number of phenolic OH excluding ortho intramolecular Hbond substituents is 1. The van der Waals surface area contributed by atoms with Gasteiger partial charge in [0.25, 0.3) is 5.69 Å². The topological polar surface area (TPSA) is 75.4 Å². The first-order valence-electron chi connectivity index (χ1n) is 5.62. The number of anilines is 1. The van der Waals surface area contributed by atoms with Gasteiger partial charge in [0, 0.05) is 24.2 Å². The molecule has 0 aliphatic heterocycles. The number of halogens is 2. The largest absolute Gasteiger partial charge is 0.508 e. The van der Waals surface area contributed by atoms with E-state index in [-0.39, 0.29) is 18.0 Å². The molecule has 104 valence electrons. The molecule has 0 saturated heterocycles. The van der Waals surface area contributed by atoms with E-state index in [1.807, 2.05) is 0 Å². The van der Waals surface area contributed by atoms with Crippen molar-refractivity contribution in [3.63, 3.8) is 0 Å². The molecule has 5 nitrogen and oxygen atoms in total. The summed E-state index contributed by atoms with van der Waals surface area (Å²) in [5, 5.41) is 23.4. The Balaban J connectivity index is 2.20. The fraction of sp³-hybridized carbons (Fsp3) is 0.0769. The molecule has 0 aliphatic carbocycles. The maximum Gasteiger partial charge on any atom is 0.271 e. The summed E-state index contributed by atoms with van der Waals surface area (Å²) in [5.74, 6) is -0.551. The van der Waals surface area contributed by atoms with Crippen LogP contribution in [0.3, 0.4) is 0 Å². The molecule has 2 N–H and O–H groups in total. The second kappa shape index (κ2) is 5.75. The molecule has 2 rings (SSSR count). The molecule has 2 aromatic rings. The lowest BCUT2D eigenvalue weighted by Gasteiger charge is -2.09. The first kappa shape index (κ1) is 14.1. The molecule has 7 heteroatoms. The minimum Gasteiger partial charge on any atom is -0.508 e. The van der Waals surface area contributed by atoms with Crippen molar-refractivity contribution in [3.05, 3.63) is 62.9 Å². The zero-order chi connectivity index (χ0) is 14.7. The Morgan fingerprint density at radius 2 is 2.05 bits per heavy atom. The van der Waals surface area contributed by atoms with Gasteiger partial charge in [0.1, 0.15) is 11.6 Å². The zero-order valence-electron chi connectivity index (χ0n) is 10.1. The summed E-state index contributed by atoms with van der Waals surface area (Å²) in [4.78, 5) is 10.1. The van der Waals surface area contributed by atoms with E-state index >= 15 is 0 Å². The maximum absolute atomic E-state index is 13.1. The van der Waals surface area contributed by atoms with Crippen molar-refractivity contribution in [3.8, 4) is 5.75 Å². The molecule has 0 bridgehead atoms. The lowest BCUT2D eigenvalue weighted by Crippen LogP contribution is -2.01. The van der Waals surface area contributed by atoms with Crippen LogP contribution in [0.15, 0.2) is 36.4 Å². The third-order valence-electron chi connectivity index (χ3n) is 2.67. The highest BCUT2D eigenvalue weighted by molar-refractivity contribution is 6.33. The number of benzene rings is 2. The normalized spacial score (nSPS) is 10.3. The van der Waals surface area contributed by atoms with Gasteiger partial charge in [-0.05, 0) is 24.3 Å². The van der Waals surface area contributed by atoms with Crippen LogP contribution in [0, 0.1) is 15.9 Å². The number of nitrogens with one attached hydrogen (secondary N) is 1. The second-order valence-electron chi connectivity index (χ2n) is 4.05. The van der Waals surface area contributed by atoms with Crippen molar-refractivity contribution in [2.45, 2.75) is 6.54 Å². The highest BCUT2D eigenvalue weighted by atomic mass is 35.5. The Morgan fingerprint density at radius 1 is 1.30 bits per heavy atom. The maximum atomic E-state index is 13.1. The van der Waals surface area contributed by atoms with Crippen molar-refractivity contribution in [2.75, 3.05) is 5.32 Å². The Kier molecular flexibility index (Phi) is 4.05. The number of nitro benzene ring substituents is 1. The third-order valence-corrected chi connectivity index (χ3v) is 3.00. The Hall–Kier alpha value is -2.34. The fourth-order valence-electron chi connectivity index (χ4n) is 1.65. The molecule has 0 aromatic heterocycles. The Labute approximate surface area is 118 Å². The van der Waals surface area contributed by atoms with Crippen LogP contribution in [-0.2, 0) is 6.54 Å². The van der Waals surface area contributed by atoms with Crippen LogP contribution in [0.4, 0.5) is 15.8 Å². The van der Waals surface area contributed by atoms with Gasteiger partial charge >= 0.3 is 0 Å². The predicted octanol–water partition coefficient (Wildman–Crippen LogP) is 3.71. The van der Waals surface area contributed by atoms with Gasteiger partial charge in [-0.1, -0.05) is 11.6 Å². The molecule has 0 aliphatic rings. The van der Waals surface area contributed by atoms with Crippen LogP contribution in [0.2, 0.25) is 5.02 Å². The minimum atomic E-state index is -0.541. The fourth-order valence-corrected chi connectivity index (χ4v) is 1.83. The van der Waals surface area contributed by atoms with E-state index in [1.165, 1.54) is 30.3 Å². The van der Waals surface area contributed by atoms with E-state index in [4.69, 9.17) is 11.6 Å². The van der Waals surface area contributed by atoms with Gasteiger partial charge in [0.2, 0.25) is 0 Å². The Morgan fingerprint density at radius 3 is 2.75 bits per heavy atom. The monoisotopic (exact) mass is 296 g/mol. The van der Waals surface area contributed by atoms with Gasteiger partial charge < -0.3 is 10.4 Å². The summed E-state index contributed by atoms with van der Waals surface area (Å²) in [6.45, 7) is 0.0878. The Bertz CT molecular complexity index is 664. The molecule has 0 amide bonds. The van der Waals surface area contributed by atoms with Crippen molar-refractivity contribution >= 4 is 23.0 Å². The molecular weight excluding hydrogens is 287 g/mol. The number of non-ortho nitro benzene ring substituents is 1. The van der Waals surface area contributed by atoms with Gasteiger partial charge in [0.15, 0.2) is 0 Å². The first-order valence-corrected chi connectivity index (χ1v) is 6.00. The summed E-state index contributed by atoms with van der Waals surface area (Å²) >= 11 is 5.92. The molecule has 20 heavy (non-hydrogen) atoms. The number of aromatic hydroxyl groups is 1. The first-order chi connectivity index (χ1) is 9.47. The van der Waals surface area contributed by atoms with Gasteiger partial charge in [-0.15, -0.1) is 0 Å². The van der Waals surface area contributed by atoms with Gasteiger partial charge in [0.05, 0.1) is 15.6 Å². The quantitative estimate of drug-likeness (QED) is 0.666. The lowest BCUT2D eigenvalue weighted by atomic mass is 10.2. The number of nitro groups is 1. The summed E-state index contributed by atoms with van der Waals surface area (Å²) in [5.41, 5.74) is 0.553. The molecule has 0 spiro atoms. The van der Waals surface area contributed by atoms with E-state index in [0.29, 0.717) is 16.3 Å². The van der Waals surface area contributed by atoms with Gasteiger partial charge in [-0.2, -0.15) is 0 Å². The van der Waals surface area contributed by atoms with Crippen molar-refractivity contribution in [1.29, 1.82) is 0 Å². The smallest absolute Gasteiger partial charge is 0.271 e. The summed E-state index contributed by atoms with van der Waals surface area (Å²) in [6.07, 6.45) is 0. The predicted molar refractivity (Wildman–Crippen MR) is 73.5 cm³/mol. The van der Waals surface area contributed by atoms with Crippen molar-refractivity contribution in [2.24, 2.45) is 0 Å². The average molecular weight is 297 g/mol. The lowest BCUT2D eigenvalue weighted by molar-refractivity contribution is -0.384. The summed E-state index contributed by atoms with van der Waals surface area (Å²) in [6, 6.07) is 7.51. The standard InChI is InChI=1S/C13H10ClFN2O3/c14-11-3-2-10(17(19)20)6-12(11)16-7-8-5-9(15)1-4-13(8)18/h1-6,16,18H,7H2. The van der Waals surface area contributed by atoms with Gasteiger partial charge in [-0.25, -0.2) is 4.39 Å². The van der Waals surface area contributed by atoms with Gasteiger partial charge in [-0.3, -0.25) is 10.1 Å².